The molecule has 10 atom stereocenters. The molecular formula is C43H70N4O4. The van der Waals surface area contributed by atoms with E-state index in [2.05, 4.69) is 78.7 Å². The van der Waals surface area contributed by atoms with Gasteiger partial charge in [-0.1, -0.05) is 53.2 Å². The van der Waals surface area contributed by atoms with Crippen LogP contribution in [0, 0.1) is 44.8 Å². The molecule has 5 aliphatic carbocycles. The number of rotatable bonds is 2. The number of allylic oxidation sites excluding steroid dienone is 1. The van der Waals surface area contributed by atoms with Crippen molar-refractivity contribution >= 4 is 11.9 Å². The minimum Gasteiger partial charge on any atom is -0.350 e. The maximum atomic E-state index is 14.5. The van der Waals surface area contributed by atoms with Gasteiger partial charge in [-0.15, -0.1) is 0 Å². The molecule has 3 heterocycles. The van der Waals surface area contributed by atoms with Gasteiger partial charge in [-0.25, -0.2) is 4.79 Å². The maximum absolute atomic E-state index is 14.5. The van der Waals surface area contributed by atoms with Crippen LogP contribution in [0.25, 0.3) is 0 Å². The van der Waals surface area contributed by atoms with Gasteiger partial charge in [0.1, 0.15) is 6.04 Å². The van der Waals surface area contributed by atoms with Gasteiger partial charge < -0.3 is 29.5 Å². The Labute approximate surface area is 309 Å². The van der Waals surface area contributed by atoms with Crippen LogP contribution in [0.5, 0.6) is 0 Å². The molecule has 3 amide bonds. The first-order chi connectivity index (χ1) is 23.9. The zero-order valence-electron chi connectivity index (χ0n) is 33.7. The number of ether oxygens (including phenoxy) is 2. The SMILES string of the molecule is CN1CCN(C(=O)[C@@H]2CCCN2C(=O)N[C@]23CCC(C)(C)C[C@H]2C2=CC[C@@H]4[C@@]5(C)CC[C@@H]6OC(C)(C)OC[C@@]6(C)[C@@H]5CC[C@@]4(C)[C@]2(C)CC3)CC1. The van der Waals surface area contributed by atoms with Gasteiger partial charge in [0.25, 0.3) is 0 Å². The molecule has 3 saturated heterocycles. The highest BCUT2D eigenvalue weighted by Gasteiger charge is 2.70. The molecule has 0 bridgehead atoms. The van der Waals surface area contributed by atoms with Crippen molar-refractivity contribution in [1.29, 1.82) is 0 Å². The lowest BCUT2D eigenvalue weighted by Crippen LogP contribution is -2.69. The predicted molar refractivity (Wildman–Crippen MR) is 201 cm³/mol. The predicted octanol–water partition coefficient (Wildman–Crippen LogP) is 7.62. The molecule has 0 radical (unpaired) electrons. The van der Waals surface area contributed by atoms with Gasteiger partial charge in [0.15, 0.2) is 5.79 Å². The summed E-state index contributed by atoms with van der Waals surface area (Å²) in [6.07, 6.45) is 16.0. The Bertz CT molecular complexity index is 1450. The highest BCUT2D eigenvalue weighted by Crippen LogP contribution is 2.75. The minimum absolute atomic E-state index is 0.00639. The fourth-order valence-corrected chi connectivity index (χ4v) is 14.2. The monoisotopic (exact) mass is 707 g/mol. The van der Waals surface area contributed by atoms with E-state index in [0.717, 1.165) is 90.6 Å². The van der Waals surface area contributed by atoms with Crippen LogP contribution in [0.15, 0.2) is 11.6 Å². The van der Waals surface area contributed by atoms with E-state index in [0.29, 0.717) is 24.3 Å². The summed E-state index contributed by atoms with van der Waals surface area (Å²) >= 11 is 0. The number of nitrogens with one attached hydrogen (secondary N) is 1. The van der Waals surface area contributed by atoms with Crippen molar-refractivity contribution in [3.8, 4) is 0 Å². The molecule has 1 N–H and O–H groups in total. The molecular weight excluding hydrogens is 636 g/mol. The lowest BCUT2D eigenvalue weighted by molar-refractivity contribution is -0.351. The molecule has 4 saturated carbocycles. The molecule has 3 aliphatic heterocycles. The molecule has 0 aromatic rings. The van der Waals surface area contributed by atoms with Crippen LogP contribution in [0.3, 0.4) is 0 Å². The second-order valence-electron chi connectivity index (χ2n) is 21.1. The Morgan fingerprint density at radius 1 is 0.804 bits per heavy atom. The van der Waals surface area contributed by atoms with Crippen molar-refractivity contribution in [2.45, 2.75) is 156 Å². The van der Waals surface area contributed by atoms with Gasteiger partial charge in [0, 0.05) is 49.6 Å². The van der Waals surface area contributed by atoms with E-state index in [1.54, 1.807) is 5.57 Å². The number of piperazine rings is 1. The van der Waals surface area contributed by atoms with Crippen LogP contribution < -0.4 is 5.32 Å². The lowest BCUT2D eigenvalue weighted by atomic mass is 9.34. The standard InChI is InChI=1S/C43H70N4O4/c1-37(2)18-20-43(44-36(49)47-22-10-11-31(47)35(48)46-25-23-45(9)24-26-46)21-19-41(7)29(30(43)27-37)12-13-33-39(5)16-15-34-40(6,28-50-38(3,4)51-34)32(39)14-17-42(33,41)8/h12,30-34H,10-11,13-28H2,1-9H3,(H,44,49)/t30-,31-,32+,33+,34-,39-,40-,41+,42+,43-/m0/s1. The zero-order chi connectivity index (χ0) is 36.4. The average Bonchev–Trinajstić information content (AvgIpc) is 3.56. The second-order valence-corrected chi connectivity index (χ2v) is 21.1. The van der Waals surface area contributed by atoms with Crippen molar-refractivity contribution in [2.24, 2.45) is 44.8 Å². The van der Waals surface area contributed by atoms with Crippen molar-refractivity contribution < 1.29 is 19.1 Å². The van der Waals surface area contributed by atoms with E-state index in [1.165, 1.54) is 19.3 Å². The number of carbonyl (C=O) groups excluding carboxylic acids is 2. The molecule has 8 rings (SSSR count). The Morgan fingerprint density at radius 2 is 1.53 bits per heavy atom. The molecule has 51 heavy (non-hydrogen) atoms. The molecule has 8 heteroatoms. The van der Waals surface area contributed by atoms with Gasteiger partial charge in [-0.3, -0.25) is 4.79 Å². The Hall–Kier alpha value is -1.64. The molecule has 8 nitrogen and oxygen atoms in total. The normalized spacial score (nSPS) is 47.5. The lowest BCUT2D eigenvalue weighted by Gasteiger charge is -2.72. The first-order valence-corrected chi connectivity index (χ1v) is 21.0. The largest absolute Gasteiger partial charge is 0.350 e. The van der Waals surface area contributed by atoms with E-state index in [4.69, 9.17) is 9.47 Å². The average molecular weight is 707 g/mol. The van der Waals surface area contributed by atoms with Crippen LogP contribution in [-0.4, -0.2) is 96.5 Å². The third-order valence-corrected chi connectivity index (χ3v) is 17.5. The topological polar surface area (TPSA) is 74.4 Å². The molecule has 0 aromatic carbocycles. The number of hydrogen-bond donors (Lipinski definition) is 1. The quantitative estimate of drug-likeness (QED) is 0.299. The van der Waals surface area contributed by atoms with Crippen molar-refractivity contribution in [1.82, 2.24) is 20.0 Å². The summed E-state index contributed by atoms with van der Waals surface area (Å²) in [4.78, 5) is 34.5. The van der Waals surface area contributed by atoms with Crippen molar-refractivity contribution in [2.75, 3.05) is 46.4 Å². The van der Waals surface area contributed by atoms with Gasteiger partial charge in [0.05, 0.1) is 12.7 Å². The van der Waals surface area contributed by atoms with E-state index in [1.807, 2.05) is 9.80 Å². The van der Waals surface area contributed by atoms with Gasteiger partial charge in [-0.05, 0) is 131 Å². The summed E-state index contributed by atoms with van der Waals surface area (Å²) in [6.45, 7) is 24.3. The summed E-state index contributed by atoms with van der Waals surface area (Å²) in [7, 11) is 2.12. The minimum atomic E-state index is -0.495. The number of nitrogens with zero attached hydrogens (tertiary/aromatic N) is 3. The van der Waals surface area contributed by atoms with E-state index >= 15 is 0 Å². The smallest absolute Gasteiger partial charge is 0.318 e. The summed E-state index contributed by atoms with van der Waals surface area (Å²) in [5.74, 6) is 1.20. The van der Waals surface area contributed by atoms with Crippen LogP contribution in [0.2, 0.25) is 0 Å². The molecule has 286 valence electrons. The number of hydrogen-bond acceptors (Lipinski definition) is 5. The number of likely N-dealkylation sites (tertiary alicyclic amines) is 1. The number of urea groups is 1. The van der Waals surface area contributed by atoms with Crippen LogP contribution >= 0.6 is 0 Å². The summed E-state index contributed by atoms with van der Waals surface area (Å²) in [5, 5.41) is 3.78. The first kappa shape index (κ1) is 36.3. The van der Waals surface area contributed by atoms with Gasteiger partial charge in [0.2, 0.25) is 5.91 Å². The molecule has 7 fully saturated rings. The van der Waals surface area contributed by atoms with E-state index < -0.39 is 5.79 Å². The van der Waals surface area contributed by atoms with Crippen molar-refractivity contribution in [3.05, 3.63) is 11.6 Å². The fourth-order valence-electron chi connectivity index (χ4n) is 14.2. The van der Waals surface area contributed by atoms with Crippen molar-refractivity contribution in [3.63, 3.8) is 0 Å². The number of fused-ring (bicyclic) bond motifs is 9. The van der Waals surface area contributed by atoms with Gasteiger partial charge in [-0.2, -0.15) is 0 Å². The second kappa shape index (κ2) is 11.9. The number of amides is 3. The maximum Gasteiger partial charge on any atom is 0.318 e. The van der Waals surface area contributed by atoms with Crippen LogP contribution in [0.1, 0.15) is 132 Å². The van der Waals surface area contributed by atoms with E-state index in [9.17, 15) is 9.59 Å². The number of carbonyl (C=O) groups is 2. The highest BCUT2D eigenvalue weighted by molar-refractivity contribution is 5.88. The zero-order valence-corrected chi connectivity index (χ0v) is 33.7. The Morgan fingerprint density at radius 3 is 2.27 bits per heavy atom. The first-order valence-electron chi connectivity index (χ1n) is 21.0. The summed E-state index contributed by atoms with van der Waals surface area (Å²) in [6, 6.07) is -0.323. The van der Waals surface area contributed by atoms with Crippen LogP contribution in [0.4, 0.5) is 4.79 Å². The Balaban J connectivity index is 1.07. The summed E-state index contributed by atoms with van der Waals surface area (Å²) in [5.41, 5.74) is 2.23. The third-order valence-electron chi connectivity index (χ3n) is 17.5. The molecule has 8 aliphatic rings. The Kier molecular flexibility index (Phi) is 8.50. The van der Waals surface area contributed by atoms with Crippen LogP contribution in [-0.2, 0) is 14.3 Å². The molecule has 0 unspecified atom stereocenters. The number of likely N-dealkylation sites (N-methyl/N-ethyl adjacent to an activating group) is 1. The molecule has 0 spiro atoms. The molecule has 0 aromatic heterocycles. The van der Waals surface area contributed by atoms with Gasteiger partial charge >= 0.3 is 6.03 Å². The third kappa shape index (κ3) is 5.43. The fraction of sp³-hybridized carbons (Fsp3) is 0.907. The summed E-state index contributed by atoms with van der Waals surface area (Å²) < 4.78 is 13.1. The van der Waals surface area contributed by atoms with E-state index in [-0.39, 0.29) is 56.7 Å². The highest BCUT2D eigenvalue weighted by atomic mass is 16.7.